The standard InChI is InChI=1S/C12H24N2O2/c1-4-16-10(2)11(15)14-9-12(3)5-7-13-8-6-12/h10,13H,4-9H2,1-3H3,(H,14,15). The average Bonchev–Trinajstić information content (AvgIpc) is 2.27. The zero-order valence-electron chi connectivity index (χ0n) is 10.6. The Balaban J connectivity index is 2.29. The van der Waals surface area contributed by atoms with Crippen molar-refractivity contribution >= 4 is 5.91 Å². The fourth-order valence-electron chi connectivity index (χ4n) is 1.98. The van der Waals surface area contributed by atoms with Crippen molar-refractivity contribution in [1.82, 2.24) is 10.6 Å². The molecular formula is C12H24N2O2. The van der Waals surface area contributed by atoms with Gasteiger partial charge in [-0.25, -0.2) is 0 Å². The summed E-state index contributed by atoms with van der Waals surface area (Å²) < 4.78 is 5.25. The molecule has 1 heterocycles. The molecule has 0 aromatic rings. The molecule has 1 atom stereocenters. The molecule has 4 heteroatoms. The number of carbonyl (C=O) groups is 1. The van der Waals surface area contributed by atoms with Crippen LogP contribution in [0.1, 0.15) is 33.6 Å². The van der Waals surface area contributed by atoms with Crippen LogP contribution in [0, 0.1) is 5.41 Å². The molecule has 1 aliphatic rings. The smallest absolute Gasteiger partial charge is 0.248 e. The quantitative estimate of drug-likeness (QED) is 0.735. The molecule has 1 unspecified atom stereocenters. The molecule has 0 aromatic carbocycles. The molecule has 1 amide bonds. The molecule has 0 aromatic heterocycles. The normalized spacial score (nSPS) is 21.4. The molecule has 1 fully saturated rings. The van der Waals surface area contributed by atoms with Crippen LogP contribution < -0.4 is 10.6 Å². The number of carbonyl (C=O) groups excluding carboxylic acids is 1. The third-order valence-electron chi connectivity index (χ3n) is 3.29. The van der Waals surface area contributed by atoms with Crippen LogP contribution >= 0.6 is 0 Å². The fourth-order valence-corrected chi connectivity index (χ4v) is 1.98. The summed E-state index contributed by atoms with van der Waals surface area (Å²) >= 11 is 0. The molecule has 0 saturated carbocycles. The van der Waals surface area contributed by atoms with Gasteiger partial charge in [-0.15, -0.1) is 0 Å². The summed E-state index contributed by atoms with van der Waals surface area (Å²) in [7, 11) is 0. The Bertz CT molecular complexity index is 225. The van der Waals surface area contributed by atoms with Crippen LogP contribution in [0.25, 0.3) is 0 Å². The van der Waals surface area contributed by atoms with Crippen LogP contribution in [-0.4, -0.2) is 38.3 Å². The van der Waals surface area contributed by atoms with Gasteiger partial charge in [0, 0.05) is 13.2 Å². The molecule has 2 N–H and O–H groups in total. The second-order valence-electron chi connectivity index (χ2n) is 4.88. The first kappa shape index (κ1) is 13.5. The minimum Gasteiger partial charge on any atom is -0.369 e. The van der Waals surface area contributed by atoms with Crippen molar-refractivity contribution in [2.75, 3.05) is 26.2 Å². The summed E-state index contributed by atoms with van der Waals surface area (Å²) in [6.07, 6.45) is 1.90. The van der Waals surface area contributed by atoms with Gasteiger partial charge in [0.1, 0.15) is 6.10 Å². The highest BCUT2D eigenvalue weighted by molar-refractivity contribution is 5.80. The highest BCUT2D eigenvalue weighted by Gasteiger charge is 2.27. The Morgan fingerprint density at radius 1 is 1.50 bits per heavy atom. The van der Waals surface area contributed by atoms with E-state index in [2.05, 4.69) is 17.6 Å². The Kier molecular flexibility index (Phi) is 5.22. The molecule has 1 aliphatic heterocycles. The van der Waals surface area contributed by atoms with Crippen molar-refractivity contribution in [2.45, 2.75) is 39.7 Å². The molecule has 16 heavy (non-hydrogen) atoms. The van der Waals surface area contributed by atoms with Crippen LogP contribution in [0.4, 0.5) is 0 Å². The van der Waals surface area contributed by atoms with Crippen LogP contribution in [0.15, 0.2) is 0 Å². The number of rotatable bonds is 5. The lowest BCUT2D eigenvalue weighted by molar-refractivity contribution is -0.132. The SMILES string of the molecule is CCOC(C)C(=O)NCC1(C)CCNCC1. The second kappa shape index (κ2) is 6.21. The molecule has 0 bridgehead atoms. The zero-order valence-corrected chi connectivity index (χ0v) is 10.6. The molecule has 0 spiro atoms. The topological polar surface area (TPSA) is 50.4 Å². The largest absolute Gasteiger partial charge is 0.369 e. The van der Waals surface area contributed by atoms with Gasteiger partial charge < -0.3 is 15.4 Å². The Hall–Kier alpha value is -0.610. The van der Waals surface area contributed by atoms with Crippen LogP contribution in [0.3, 0.4) is 0 Å². The first-order valence-electron chi connectivity index (χ1n) is 6.17. The van der Waals surface area contributed by atoms with Gasteiger partial charge in [-0.3, -0.25) is 4.79 Å². The maximum absolute atomic E-state index is 11.7. The number of nitrogens with one attached hydrogen (secondary N) is 2. The van der Waals surface area contributed by atoms with Crippen molar-refractivity contribution in [2.24, 2.45) is 5.41 Å². The highest BCUT2D eigenvalue weighted by atomic mass is 16.5. The number of hydrogen-bond donors (Lipinski definition) is 2. The van der Waals surface area contributed by atoms with Gasteiger partial charge in [0.15, 0.2) is 0 Å². The lowest BCUT2D eigenvalue weighted by Gasteiger charge is -2.34. The summed E-state index contributed by atoms with van der Waals surface area (Å²) in [5, 5.41) is 6.32. The Morgan fingerprint density at radius 2 is 2.12 bits per heavy atom. The van der Waals surface area contributed by atoms with E-state index in [0.717, 1.165) is 32.5 Å². The summed E-state index contributed by atoms with van der Waals surface area (Å²) in [5.74, 6) is 0.00149. The van der Waals surface area contributed by atoms with Crippen molar-refractivity contribution in [1.29, 1.82) is 0 Å². The van der Waals surface area contributed by atoms with E-state index in [1.54, 1.807) is 6.92 Å². The minimum absolute atomic E-state index is 0.00149. The summed E-state index contributed by atoms with van der Waals surface area (Å²) in [4.78, 5) is 11.7. The number of ether oxygens (including phenoxy) is 1. The van der Waals surface area contributed by atoms with E-state index < -0.39 is 0 Å². The Labute approximate surface area is 98.1 Å². The third kappa shape index (κ3) is 4.10. The molecule has 1 rings (SSSR count). The monoisotopic (exact) mass is 228 g/mol. The maximum Gasteiger partial charge on any atom is 0.248 e. The zero-order chi connectivity index (χ0) is 12.0. The molecule has 0 aliphatic carbocycles. The number of piperidine rings is 1. The van der Waals surface area contributed by atoms with Crippen LogP contribution in [0.5, 0.6) is 0 Å². The van der Waals surface area contributed by atoms with E-state index >= 15 is 0 Å². The van der Waals surface area contributed by atoms with E-state index in [-0.39, 0.29) is 17.4 Å². The van der Waals surface area contributed by atoms with Gasteiger partial charge in [-0.2, -0.15) is 0 Å². The van der Waals surface area contributed by atoms with Crippen molar-refractivity contribution in [3.63, 3.8) is 0 Å². The predicted molar refractivity (Wildman–Crippen MR) is 64.3 cm³/mol. The second-order valence-corrected chi connectivity index (χ2v) is 4.88. The average molecular weight is 228 g/mol. The third-order valence-corrected chi connectivity index (χ3v) is 3.29. The van der Waals surface area contributed by atoms with Crippen LogP contribution in [-0.2, 0) is 9.53 Å². The summed E-state index contributed by atoms with van der Waals surface area (Å²) in [6.45, 7) is 9.36. The summed E-state index contributed by atoms with van der Waals surface area (Å²) in [5.41, 5.74) is 0.243. The van der Waals surface area contributed by atoms with E-state index in [4.69, 9.17) is 4.74 Å². The van der Waals surface area contributed by atoms with Gasteiger partial charge in [-0.1, -0.05) is 6.92 Å². The van der Waals surface area contributed by atoms with Gasteiger partial charge in [0.05, 0.1) is 0 Å². The minimum atomic E-state index is -0.338. The molecule has 4 nitrogen and oxygen atoms in total. The Morgan fingerprint density at radius 3 is 2.69 bits per heavy atom. The number of amides is 1. The van der Waals surface area contributed by atoms with Gasteiger partial charge in [-0.05, 0) is 45.2 Å². The highest BCUT2D eigenvalue weighted by Crippen LogP contribution is 2.26. The van der Waals surface area contributed by atoms with Crippen molar-refractivity contribution < 1.29 is 9.53 Å². The van der Waals surface area contributed by atoms with Gasteiger partial charge in [0.2, 0.25) is 5.91 Å². The molecular weight excluding hydrogens is 204 g/mol. The van der Waals surface area contributed by atoms with E-state index in [9.17, 15) is 4.79 Å². The van der Waals surface area contributed by atoms with Crippen molar-refractivity contribution in [3.8, 4) is 0 Å². The first-order valence-corrected chi connectivity index (χ1v) is 6.17. The fraction of sp³-hybridized carbons (Fsp3) is 0.917. The lowest BCUT2D eigenvalue weighted by atomic mass is 9.81. The molecule has 1 saturated heterocycles. The van der Waals surface area contributed by atoms with E-state index in [0.29, 0.717) is 6.61 Å². The van der Waals surface area contributed by atoms with E-state index in [1.807, 2.05) is 6.92 Å². The molecule has 94 valence electrons. The van der Waals surface area contributed by atoms with E-state index in [1.165, 1.54) is 0 Å². The van der Waals surface area contributed by atoms with Crippen LogP contribution in [0.2, 0.25) is 0 Å². The van der Waals surface area contributed by atoms with Gasteiger partial charge >= 0.3 is 0 Å². The van der Waals surface area contributed by atoms with Gasteiger partial charge in [0.25, 0.3) is 0 Å². The summed E-state index contributed by atoms with van der Waals surface area (Å²) in [6, 6.07) is 0. The first-order chi connectivity index (χ1) is 7.57. The number of hydrogen-bond acceptors (Lipinski definition) is 3. The van der Waals surface area contributed by atoms with Crippen molar-refractivity contribution in [3.05, 3.63) is 0 Å². The predicted octanol–water partition coefficient (Wildman–Crippen LogP) is 0.917. The molecule has 0 radical (unpaired) electrons. The maximum atomic E-state index is 11.7. The lowest BCUT2D eigenvalue weighted by Crippen LogP contribution is -2.45.